The van der Waals surface area contributed by atoms with Crippen molar-refractivity contribution >= 4 is 0 Å². The molecule has 2 aliphatic heterocycles. The first-order valence-corrected chi connectivity index (χ1v) is 3.58. The quantitative estimate of drug-likeness (QED) is 0.350. The lowest BCUT2D eigenvalue weighted by molar-refractivity contribution is -0.443. The molecule has 1 fully saturated rings. The maximum atomic E-state index is 8.60. The highest BCUT2D eigenvalue weighted by atomic mass is 17.2. The average Bonchev–Trinajstić information content (AvgIpc) is 2.06. The number of hydrogen-bond acceptors (Lipinski definition) is 4. The van der Waals surface area contributed by atoms with Gasteiger partial charge in [-0.25, -0.2) is 14.7 Å². The molecule has 3 rings (SSSR count). The van der Waals surface area contributed by atoms with Crippen molar-refractivity contribution in [3.8, 4) is 0 Å². The van der Waals surface area contributed by atoms with E-state index in [1.807, 2.05) is 12.2 Å². The largest absolute Gasteiger partial charge is 0.251 e. The first-order chi connectivity index (χ1) is 5.24. The fraction of sp³-hybridized carbons (Fsp3) is 0.714. The van der Waals surface area contributed by atoms with Crippen LogP contribution in [0.5, 0.6) is 0 Å². The molecule has 1 aliphatic carbocycles. The van der Waals surface area contributed by atoms with Crippen LogP contribution >= 0.6 is 0 Å². The van der Waals surface area contributed by atoms with Gasteiger partial charge in [0.1, 0.15) is 17.8 Å². The summed E-state index contributed by atoms with van der Waals surface area (Å²) in [5, 5.41) is 8.60. The Kier molecular flexibility index (Phi) is 1.50. The number of fused-ring (bicyclic) bond motifs is 2. The first kappa shape index (κ1) is 7.24. The smallest absolute Gasteiger partial charge is 0.143 e. The highest BCUT2D eigenvalue weighted by Gasteiger charge is 2.46. The molecule has 0 aromatic rings. The van der Waals surface area contributed by atoms with Crippen molar-refractivity contribution in [1.82, 2.24) is 0 Å². The van der Waals surface area contributed by atoms with Crippen molar-refractivity contribution in [2.24, 2.45) is 0 Å². The summed E-state index contributed by atoms with van der Waals surface area (Å²) in [4.78, 5) is 14.2. The second-order valence-electron chi connectivity index (χ2n) is 3.14. The van der Waals surface area contributed by atoms with Gasteiger partial charge in [-0.3, -0.25) is 5.26 Å². The molecule has 0 aromatic carbocycles. The molecular formula is C7H10O4. The molecular weight excluding hydrogens is 148 g/mol. The van der Waals surface area contributed by atoms with Crippen LogP contribution in [0.1, 0.15) is 13.3 Å². The standard InChI is InChI=1S/C7H10O4/c1-7(11-8)4-5-2-3-6(7)10-9-5/h2-3,5-6,8H,4H2,1H3/t5-,6+,7+/m0/s1. The van der Waals surface area contributed by atoms with Crippen molar-refractivity contribution in [1.29, 1.82) is 0 Å². The molecule has 1 saturated heterocycles. The van der Waals surface area contributed by atoms with Gasteiger partial charge in [-0.05, 0) is 6.92 Å². The zero-order chi connectivity index (χ0) is 7.90. The highest BCUT2D eigenvalue weighted by Crippen LogP contribution is 2.35. The molecule has 3 atom stereocenters. The van der Waals surface area contributed by atoms with Crippen LogP contribution in [0.4, 0.5) is 0 Å². The third-order valence-electron chi connectivity index (χ3n) is 2.20. The maximum absolute atomic E-state index is 8.60. The van der Waals surface area contributed by atoms with Crippen LogP contribution < -0.4 is 0 Å². The maximum Gasteiger partial charge on any atom is 0.143 e. The molecule has 0 saturated carbocycles. The lowest BCUT2D eigenvalue weighted by atomic mass is 9.86. The fourth-order valence-electron chi connectivity index (χ4n) is 1.43. The van der Waals surface area contributed by atoms with Crippen LogP contribution in [0.3, 0.4) is 0 Å². The van der Waals surface area contributed by atoms with E-state index in [0.717, 1.165) is 0 Å². The SMILES string of the molecule is C[C@@]1(OO)C[C@@H]2C=C[C@H]1OO2. The zero-order valence-electron chi connectivity index (χ0n) is 6.19. The Balaban J connectivity index is 2.23. The topological polar surface area (TPSA) is 47.9 Å². The normalized spacial score (nSPS) is 48.2. The van der Waals surface area contributed by atoms with Gasteiger partial charge in [-0.1, -0.05) is 12.2 Å². The average molecular weight is 158 g/mol. The molecule has 3 aliphatic rings. The molecule has 2 heterocycles. The van der Waals surface area contributed by atoms with E-state index in [0.29, 0.717) is 6.42 Å². The van der Waals surface area contributed by atoms with Gasteiger partial charge >= 0.3 is 0 Å². The minimum atomic E-state index is -0.641. The Morgan fingerprint density at radius 1 is 1.55 bits per heavy atom. The van der Waals surface area contributed by atoms with Crippen molar-refractivity contribution in [3.63, 3.8) is 0 Å². The lowest BCUT2D eigenvalue weighted by Gasteiger charge is -2.41. The first-order valence-electron chi connectivity index (χ1n) is 3.58. The third-order valence-corrected chi connectivity index (χ3v) is 2.20. The van der Waals surface area contributed by atoms with E-state index in [1.54, 1.807) is 6.92 Å². The van der Waals surface area contributed by atoms with E-state index in [2.05, 4.69) is 4.89 Å². The Morgan fingerprint density at radius 3 is 2.64 bits per heavy atom. The number of hydrogen-bond donors (Lipinski definition) is 1. The lowest BCUT2D eigenvalue weighted by Crippen LogP contribution is -2.52. The highest BCUT2D eigenvalue weighted by molar-refractivity contribution is 5.11. The van der Waals surface area contributed by atoms with Crippen molar-refractivity contribution in [2.75, 3.05) is 0 Å². The van der Waals surface area contributed by atoms with Crippen LogP contribution in [0.2, 0.25) is 0 Å². The Labute approximate surface area is 64.2 Å². The van der Waals surface area contributed by atoms with Crippen LogP contribution in [-0.2, 0) is 14.7 Å². The molecule has 0 unspecified atom stereocenters. The number of rotatable bonds is 1. The summed E-state index contributed by atoms with van der Waals surface area (Å²) in [7, 11) is 0. The molecule has 0 amide bonds. The summed E-state index contributed by atoms with van der Waals surface area (Å²) in [5.41, 5.74) is -0.641. The van der Waals surface area contributed by atoms with Crippen LogP contribution in [0.25, 0.3) is 0 Å². The summed E-state index contributed by atoms with van der Waals surface area (Å²) in [6.07, 6.45) is 4.00. The third kappa shape index (κ3) is 0.990. The summed E-state index contributed by atoms with van der Waals surface area (Å²) < 4.78 is 0. The van der Waals surface area contributed by atoms with E-state index in [1.165, 1.54) is 0 Å². The summed E-state index contributed by atoms with van der Waals surface area (Å²) in [5.74, 6) is 0. The van der Waals surface area contributed by atoms with Gasteiger partial charge < -0.3 is 0 Å². The van der Waals surface area contributed by atoms with E-state index in [-0.39, 0.29) is 12.2 Å². The fourth-order valence-corrected chi connectivity index (χ4v) is 1.43. The molecule has 11 heavy (non-hydrogen) atoms. The molecule has 4 nitrogen and oxygen atoms in total. The van der Waals surface area contributed by atoms with Gasteiger partial charge in [0.2, 0.25) is 0 Å². The minimum Gasteiger partial charge on any atom is -0.251 e. The predicted octanol–water partition coefficient (Wildman–Crippen LogP) is 0.894. The summed E-state index contributed by atoms with van der Waals surface area (Å²) in [6.45, 7) is 1.79. The second kappa shape index (κ2) is 2.28. The van der Waals surface area contributed by atoms with Gasteiger partial charge in [-0.2, -0.15) is 0 Å². The Hall–Kier alpha value is -0.420. The molecule has 0 spiro atoms. The van der Waals surface area contributed by atoms with Crippen LogP contribution in [0.15, 0.2) is 12.2 Å². The molecule has 2 bridgehead atoms. The van der Waals surface area contributed by atoms with E-state index < -0.39 is 5.60 Å². The van der Waals surface area contributed by atoms with Gasteiger partial charge in [0.05, 0.1) is 0 Å². The van der Waals surface area contributed by atoms with Crippen LogP contribution in [-0.4, -0.2) is 23.1 Å². The van der Waals surface area contributed by atoms with E-state index in [9.17, 15) is 0 Å². The van der Waals surface area contributed by atoms with Gasteiger partial charge in [0.25, 0.3) is 0 Å². The monoisotopic (exact) mass is 158 g/mol. The van der Waals surface area contributed by atoms with Crippen molar-refractivity contribution < 1.29 is 19.9 Å². The Bertz CT molecular complexity index is 191. The van der Waals surface area contributed by atoms with Gasteiger partial charge in [-0.15, -0.1) is 0 Å². The molecule has 4 heteroatoms. The van der Waals surface area contributed by atoms with Crippen molar-refractivity contribution in [2.45, 2.75) is 31.2 Å². The molecule has 62 valence electrons. The minimum absolute atomic E-state index is 0.0860. The molecule has 0 radical (unpaired) electrons. The van der Waals surface area contributed by atoms with Crippen molar-refractivity contribution in [3.05, 3.63) is 12.2 Å². The van der Waals surface area contributed by atoms with E-state index in [4.69, 9.17) is 15.0 Å². The zero-order valence-corrected chi connectivity index (χ0v) is 6.19. The second-order valence-corrected chi connectivity index (χ2v) is 3.14. The summed E-state index contributed by atoms with van der Waals surface area (Å²) in [6, 6.07) is 0. The molecule has 1 N–H and O–H groups in total. The summed E-state index contributed by atoms with van der Waals surface area (Å²) >= 11 is 0. The van der Waals surface area contributed by atoms with Gasteiger partial charge in [0.15, 0.2) is 0 Å². The van der Waals surface area contributed by atoms with Crippen LogP contribution in [0, 0.1) is 0 Å². The molecule has 0 aromatic heterocycles. The van der Waals surface area contributed by atoms with E-state index >= 15 is 0 Å². The van der Waals surface area contributed by atoms with Gasteiger partial charge in [0, 0.05) is 6.42 Å². The predicted molar refractivity (Wildman–Crippen MR) is 35.6 cm³/mol. The Morgan fingerprint density at radius 2 is 2.36 bits per heavy atom.